The maximum absolute atomic E-state index is 11.3. The van der Waals surface area contributed by atoms with Crippen molar-refractivity contribution in [1.82, 2.24) is 10.6 Å². The third kappa shape index (κ3) is 5.78. The Morgan fingerprint density at radius 2 is 2.07 bits per heavy atom. The van der Waals surface area contributed by atoms with Gasteiger partial charge in [0.15, 0.2) is 0 Å². The number of hydrogen-bond donors (Lipinski definition) is 2. The summed E-state index contributed by atoms with van der Waals surface area (Å²) in [6.07, 6.45) is 6.13. The predicted molar refractivity (Wildman–Crippen MR) is 62.7 cm³/mol. The molecule has 0 aliphatic heterocycles. The maximum Gasteiger partial charge on any atom is 0.221 e. The second-order valence-electron chi connectivity index (χ2n) is 4.81. The molecule has 0 spiro atoms. The number of carbonyl (C=O) groups excluding carboxylic acids is 1. The van der Waals surface area contributed by atoms with Crippen LogP contribution in [0, 0.1) is 5.92 Å². The van der Waals surface area contributed by atoms with Crippen molar-refractivity contribution in [1.29, 1.82) is 0 Å². The summed E-state index contributed by atoms with van der Waals surface area (Å²) in [5.41, 5.74) is 0. The average molecular weight is 212 g/mol. The van der Waals surface area contributed by atoms with E-state index in [4.69, 9.17) is 0 Å². The predicted octanol–water partition coefficient (Wildman–Crippen LogP) is 1.68. The highest BCUT2D eigenvalue weighted by Gasteiger charge is 2.16. The Morgan fingerprint density at radius 3 is 2.60 bits per heavy atom. The summed E-state index contributed by atoms with van der Waals surface area (Å²) in [4.78, 5) is 11.3. The summed E-state index contributed by atoms with van der Waals surface area (Å²) >= 11 is 0. The van der Waals surface area contributed by atoms with E-state index in [2.05, 4.69) is 10.6 Å². The van der Waals surface area contributed by atoms with Gasteiger partial charge in [-0.15, -0.1) is 0 Å². The van der Waals surface area contributed by atoms with Crippen LogP contribution < -0.4 is 10.6 Å². The summed E-state index contributed by atoms with van der Waals surface area (Å²) < 4.78 is 0. The summed E-state index contributed by atoms with van der Waals surface area (Å²) in [5.74, 6) is 1.11. The van der Waals surface area contributed by atoms with Crippen molar-refractivity contribution in [2.75, 3.05) is 13.1 Å². The van der Waals surface area contributed by atoms with Gasteiger partial charge in [0, 0.05) is 19.0 Å². The second kappa shape index (κ2) is 6.83. The van der Waals surface area contributed by atoms with Crippen molar-refractivity contribution in [2.24, 2.45) is 5.92 Å². The molecule has 0 atom stereocenters. The molecule has 0 aromatic heterocycles. The third-order valence-electron chi connectivity index (χ3n) is 2.93. The SMILES string of the molecule is CC(C)NC(=O)CCNCCC1CCC1. The van der Waals surface area contributed by atoms with Gasteiger partial charge in [0.25, 0.3) is 0 Å². The van der Waals surface area contributed by atoms with Gasteiger partial charge in [-0.2, -0.15) is 0 Å². The number of rotatable bonds is 7. The lowest BCUT2D eigenvalue weighted by atomic mass is 9.83. The lowest BCUT2D eigenvalue weighted by Crippen LogP contribution is -2.33. The quantitative estimate of drug-likeness (QED) is 0.630. The van der Waals surface area contributed by atoms with Gasteiger partial charge in [-0.25, -0.2) is 0 Å². The molecule has 0 heterocycles. The Labute approximate surface area is 93.0 Å². The zero-order valence-electron chi connectivity index (χ0n) is 10.0. The van der Waals surface area contributed by atoms with Gasteiger partial charge in [-0.1, -0.05) is 19.3 Å². The number of nitrogens with one attached hydrogen (secondary N) is 2. The highest BCUT2D eigenvalue weighted by molar-refractivity contribution is 5.76. The third-order valence-corrected chi connectivity index (χ3v) is 2.93. The van der Waals surface area contributed by atoms with E-state index in [1.807, 2.05) is 13.8 Å². The Balaban J connectivity index is 1.85. The summed E-state index contributed by atoms with van der Waals surface area (Å²) in [6.45, 7) is 5.86. The fraction of sp³-hybridized carbons (Fsp3) is 0.917. The van der Waals surface area contributed by atoms with Crippen LogP contribution in [0.15, 0.2) is 0 Å². The van der Waals surface area contributed by atoms with E-state index < -0.39 is 0 Å². The van der Waals surface area contributed by atoms with Crippen LogP contribution in [0.2, 0.25) is 0 Å². The van der Waals surface area contributed by atoms with E-state index in [0.29, 0.717) is 6.42 Å². The van der Waals surface area contributed by atoms with Gasteiger partial charge in [0.1, 0.15) is 0 Å². The molecule has 0 saturated heterocycles. The van der Waals surface area contributed by atoms with Crippen LogP contribution in [0.5, 0.6) is 0 Å². The molecule has 0 aromatic rings. The standard InChI is InChI=1S/C12H24N2O/c1-10(2)14-12(15)7-9-13-8-6-11-4-3-5-11/h10-11,13H,3-9H2,1-2H3,(H,14,15). The monoisotopic (exact) mass is 212 g/mol. The van der Waals surface area contributed by atoms with Gasteiger partial charge in [-0.3, -0.25) is 4.79 Å². The maximum atomic E-state index is 11.3. The molecule has 1 fully saturated rings. The Bertz CT molecular complexity index is 188. The topological polar surface area (TPSA) is 41.1 Å². The fourth-order valence-corrected chi connectivity index (χ4v) is 1.81. The molecule has 88 valence electrons. The first-order chi connectivity index (χ1) is 7.18. The van der Waals surface area contributed by atoms with E-state index >= 15 is 0 Å². The van der Waals surface area contributed by atoms with E-state index in [1.54, 1.807) is 0 Å². The first-order valence-corrected chi connectivity index (χ1v) is 6.18. The van der Waals surface area contributed by atoms with E-state index in [9.17, 15) is 4.79 Å². The number of amides is 1. The average Bonchev–Trinajstić information content (AvgIpc) is 2.06. The van der Waals surface area contributed by atoms with Crippen molar-refractivity contribution in [2.45, 2.75) is 52.0 Å². The Kier molecular flexibility index (Phi) is 5.69. The van der Waals surface area contributed by atoms with Crippen LogP contribution in [0.3, 0.4) is 0 Å². The highest BCUT2D eigenvalue weighted by Crippen LogP contribution is 2.28. The number of hydrogen-bond acceptors (Lipinski definition) is 2. The Morgan fingerprint density at radius 1 is 1.33 bits per heavy atom. The second-order valence-corrected chi connectivity index (χ2v) is 4.81. The molecule has 3 heteroatoms. The van der Waals surface area contributed by atoms with Crippen molar-refractivity contribution in [3.05, 3.63) is 0 Å². The summed E-state index contributed by atoms with van der Waals surface area (Å²) in [7, 11) is 0. The van der Waals surface area contributed by atoms with Crippen LogP contribution >= 0.6 is 0 Å². The largest absolute Gasteiger partial charge is 0.354 e. The van der Waals surface area contributed by atoms with Crippen molar-refractivity contribution >= 4 is 5.91 Å². The minimum Gasteiger partial charge on any atom is -0.354 e. The first kappa shape index (κ1) is 12.5. The van der Waals surface area contributed by atoms with Crippen LogP contribution in [-0.2, 0) is 4.79 Å². The van der Waals surface area contributed by atoms with Gasteiger partial charge >= 0.3 is 0 Å². The zero-order chi connectivity index (χ0) is 11.1. The minimum atomic E-state index is 0.154. The molecule has 3 nitrogen and oxygen atoms in total. The van der Waals surface area contributed by atoms with Gasteiger partial charge < -0.3 is 10.6 Å². The van der Waals surface area contributed by atoms with Gasteiger partial charge in [0.2, 0.25) is 5.91 Å². The van der Waals surface area contributed by atoms with E-state index in [-0.39, 0.29) is 11.9 Å². The van der Waals surface area contributed by atoms with E-state index in [1.165, 1.54) is 25.7 Å². The van der Waals surface area contributed by atoms with Crippen LogP contribution in [0.25, 0.3) is 0 Å². The van der Waals surface area contributed by atoms with Crippen LogP contribution in [0.4, 0.5) is 0 Å². The molecular weight excluding hydrogens is 188 g/mol. The molecule has 1 saturated carbocycles. The van der Waals surface area contributed by atoms with Crippen molar-refractivity contribution in [3.63, 3.8) is 0 Å². The fourth-order valence-electron chi connectivity index (χ4n) is 1.81. The molecule has 1 amide bonds. The van der Waals surface area contributed by atoms with Crippen molar-refractivity contribution in [3.8, 4) is 0 Å². The molecule has 0 unspecified atom stereocenters. The zero-order valence-corrected chi connectivity index (χ0v) is 10.0. The molecule has 0 bridgehead atoms. The summed E-state index contributed by atoms with van der Waals surface area (Å²) in [5, 5.41) is 6.21. The molecule has 0 aromatic carbocycles. The normalized spacial score (nSPS) is 16.5. The summed E-state index contributed by atoms with van der Waals surface area (Å²) in [6, 6.07) is 0.257. The van der Waals surface area contributed by atoms with Crippen LogP contribution in [0.1, 0.15) is 46.0 Å². The Hall–Kier alpha value is -0.570. The molecule has 1 aliphatic carbocycles. The number of carbonyl (C=O) groups is 1. The minimum absolute atomic E-state index is 0.154. The lowest BCUT2D eigenvalue weighted by Gasteiger charge is -2.25. The van der Waals surface area contributed by atoms with Crippen molar-refractivity contribution < 1.29 is 4.79 Å². The lowest BCUT2D eigenvalue weighted by molar-refractivity contribution is -0.121. The first-order valence-electron chi connectivity index (χ1n) is 6.18. The molecule has 1 aliphatic rings. The van der Waals surface area contributed by atoms with E-state index in [0.717, 1.165) is 19.0 Å². The van der Waals surface area contributed by atoms with Gasteiger partial charge in [0.05, 0.1) is 0 Å². The van der Waals surface area contributed by atoms with Crippen LogP contribution in [-0.4, -0.2) is 25.0 Å². The molecule has 15 heavy (non-hydrogen) atoms. The van der Waals surface area contributed by atoms with Gasteiger partial charge in [-0.05, 0) is 32.7 Å². The molecule has 0 radical (unpaired) electrons. The molecule has 1 rings (SSSR count). The highest BCUT2D eigenvalue weighted by atomic mass is 16.1. The smallest absolute Gasteiger partial charge is 0.221 e. The molecular formula is C12H24N2O. The molecule has 2 N–H and O–H groups in total.